The highest BCUT2D eigenvalue weighted by Gasteiger charge is 2.13. The molecule has 0 aliphatic carbocycles. The van der Waals surface area contributed by atoms with Crippen molar-refractivity contribution in [3.8, 4) is 0 Å². The van der Waals surface area contributed by atoms with Crippen LogP contribution in [-0.4, -0.2) is 30.6 Å². The van der Waals surface area contributed by atoms with Crippen LogP contribution in [0.15, 0.2) is 0 Å². The lowest BCUT2D eigenvalue weighted by molar-refractivity contribution is -0.130. The van der Waals surface area contributed by atoms with Crippen molar-refractivity contribution in [2.24, 2.45) is 0 Å². The van der Waals surface area contributed by atoms with E-state index in [1.807, 2.05) is 4.90 Å². The van der Waals surface area contributed by atoms with Crippen LogP contribution in [0.2, 0.25) is 0 Å². The van der Waals surface area contributed by atoms with Crippen LogP contribution in [-0.2, 0) is 4.79 Å². The molecule has 0 N–H and O–H groups in total. The van der Waals surface area contributed by atoms with E-state index in [-0.39, 0.29) is 6.54 Å². The first-order chi connectivity index (χ1) is 4.29. The number of hydrogen-bond acceptors (Lipinski definition) is 2. The second kappa shape index (κ2) is 2.92. The zero-order valence-corrected chi connectivity index (χ0v) is 5.27. The molecule has 0 radical (unpaired) electrons. The SMILES string of the molecule is O=C(F)CN1CCCC1. The van der Waals surface area contributed by atoms with Crippen molar-refractivity contribution >= 4 is 6.04 Å². The Balaban J connectivity index is 2.19. The predicted molar refractivity (Wildman–Crippen MR) is 31.8 cm³/mol. The highest BCUT2D eigenvalue weighted by atomic mass is 19.1. The molecule has 52 valence electrons. The molecule has 2 nitrogen and oxygen atoms in total. The molecule has 1 heterocycles. The zero-order chi connectivity index (χ0) is 6.69. The van der Waals surface area contributed by atoms with E-state index < -0.39 is 6.04 Å². The van der Waals surface area contributed by atoms with E-state index in [2.05, 4.69) is 0 Å². The number of nitrogens with zero attached hydrogens (tertiary/aromatic N) is 1. The third-order valence-corrected chi connectivity index (χ3v) is 1.55. The number of carbonyl (C=O) groups excluding carboxylic acids is 1. The fourth-order valence-electron chi connectivity index (χ4n) is 1.12. The summed E-state index contributed by atoms with van der Waals surface area (Å²) in [6.45, 7) is 1.77. The second-order valence-corrected chi connectivity index (χ2v) is 2.34. The highest BCUT2D eigenvalue weighted by Crippen LogP contribution is 2.05. The van der Waals surface area contributed by atoms with E-state index >= 15 is 0 Å². The van der Waals surface area contributed by atoms with Gasteiger partial charge < -0.3 is 0 Å². The smallest absolute Gasteiger partial charge is 0.294 e. The molecule has 0 aromatic heterocycles. The van der Waals surface area contributed by atoms with E-state index in [0.717, 1.165) is 25.9 Å². The Kier molecular flexibility index (Phi) is 2.16. The lowest BCUT2D eigenvalue weighted by Crippen LogP contribution is -2.24. The van der Waals surface area contributed by atoms with E-state index in [1.54, 1.807) is 0 Å². The van der Waals surface area contributed by atoms with Crippen molar-refractivity contribution in [1.82, 2.24) is 4.90 Å². The predicted octanol–water partition coefficient (Wildman–Crippen LogP) is 0.578. The molecule has 1 aliphatic heterocycles. The van der Waals surface area contributed by atoms with E-state index in [9.17, 15) is 9.18 Å². The first-order valence-electron chi connectivity index (χ1n) is 3.20. The van der Waals surface area contributed by atoms with Gasteiger partial charge in [0.15, 0.2) is 0 Å². The van der Waals surface area contributed by atoms with E-state index in [1.165, 1.54) is 0 Å². The maximum Gasteiger partial charge on any atom is 0.315 e. The first kappa shape index (κ1) is 6.68. The summed E-state index contributed by atoms with van der Waals surface area (Å²) < 4.78 is 11.7. The summed E-state index contributed by atoms with van der Waals surface area (Å²) in [5, 5.41) is 0. The molecular weight excluding hydrogens is 121 g/mol. The van der Waals surface area contributed by atoms with Crippen molar-refractivity contribution in [2.45, 2.75) is 12.8 Å². The second-order valence-electron chi connectivity index (χ2n) is 2.34. The van der Waals surface area contributed by atoms with Gasteiger partial charge >= 0.3 is 6.04 Å². The van der Waals surface area contributed by atoms with Gasteiger partial charge in [-0.3, -0.25) is 9.69 Å². The number of carbonyl (C=O) groups is 1. The minimum absolute atomic E-state index is 0. The number of hydrogen-bond donors (Lipinski definition) is 0. The molecule has 1 rings (SSSR count). The molecule has 0 spiro atoms. The maximum atomic E-state index is 11.7. The van der Waals surface area contributed by atoms with Gasteiger partial charge in [-0.1, -0.05) is 0 Å². The summed E-state index contributed by atoms with van der Waals surface area (Å²) in [6, 6.07) is -1.21. The molecule has 0 bridgehead atoms. The summed E-state index contributed by atoms with van der Waals surface area (Å²) in [7, 11) is 0. The van der Waals surface area contributed by atoms with Gasteiger partial charge in [0, 0.05) is 0 Å². The molecule has 9 heavy (non-hydrogen) atoms. The Morgan fingerprint density at radius 1 is 1.44 bits per heavy atom. The van der Waals surface area contributed by atoms with Gasteiger partial charge in [0.25, 0.3) is 0 Å². The number of halogens is 1. The monoisotopic (exact) mass is 131 g/mol. The van der Waals surface area contributed by atoms with Gasteiger partial charge in [0.1, 0.15) is 0 Å². The number of rotatable bonds is 2. The van der Waals surface area contributed by atoms with Crippen LogP contribution in [0.1, 0.15) is 12.8 Å². The van der Waals surface area contributed by atoms with Crippen LogP contribution < -0.4 is 0 Å². The lowest BCUT2D eigenvalue weighted by Gasteiger charge is -2.08. The summed E-state index contributed by atoms with van der Waals surface area (Å²) in [4.78, 5) is 11.7. The van der Waals surface area contributed by atoms with Crippen molar-refractivity contribution < 1.29 is 9.18 Å². The Hall–Kier alpha value is -0.440. The van der Waals surface area contributed by atoms with Crippen LogP contribution >= 0.6 is 0 Å². The Morgan fingerprint density at radius 2 is 2.00 bits per heavy atom. The summed E-state index contributed by atoms with van der Waals surface area (Å²) in [6.07, 6.45) is 2.21. The standard InChI is InChI=1S/C6H10FNO/c7-6(9)5-8-3-1-2-4-8/h1-5H2. The van der Waals surface area contributed by atoms with Gasteiger partial charge in [-0.2, -0.15) is 4.39 Å². The topological polar surface area (TPSA) is 20.3 Å². The third-order valence-electron chi connectivity index (χ3n) is 1.55. The fourth-order valence-corrected chi connectivity index (χ4v) is 1.12. The molecule has 0 saturated carbocycles. The van der Waals surface area contributed by atoms with Gasteiger partial charge in [-0.25, -0.2) is 0 Å². The average molecular weight is 131 g/mol. The van der Waals surface area contributed by atoms with Gasteiger partial charge in [-0.05, 0) is 25.9 Å². The molecule has 0 aromatic rings. The maximum absolute atomic E-state index is 11.7. The minimum atomic E-state index is -1.21. The Morgan fingerprint density at radius 3 is 2.44 bits per heavy atom. The summed E-state index contributed by atoms with van der Waals surface area (Å²) in [5.74, 6) is 0. The molecule has 1 fully saturated rings. The third kappa shape index (κ3) is 2.10. The Bertz CT molecular complexity index is 110. The molecule has 0 unspecified atom stereocenters. The summed E-state index contributed by atoms with van der Waals surface area (Å²) in [5.41, 5.74) is 0. The van der Waals surface area contributed by atoms with Gasteiger partial charge in [-0.15, -0.1) is 0 Å². The molecule has 1 saturated heterocycles. The van der Waals surface area contributed by atoms with Crippen molar-refractivity contribution in [3.05, 3.63) is 0 Å². The largest absolute Gasteiger partial charge is 0.315 e. The molecule has 3 heteroatoms. The molecule has 0 atom stereocenters. The van der Waals surface area contributed by atoms with Crippen LogP contribution in [0.4, 0.5) is 4.39 Å². The average Bonchev–Trinajstić information content (AvgIpc) is 2.15. The highest BCUT2D eigenvalue weighted by molar-refractivity contribution is 5.70. The van der Waals surface area contributed by atoms with Gasteiger partial charge in [0.05, 0.1) is 6.54 Å². The zero-order valence-electron chi connectivity index (χ0n) is 5.27. The number of likely N-dealkylation sites (tertiary alicyclic amines) is 1. The van der Waals surface area contributed by atoms with E-state index in [4.69, 9.17) is 0 Å². The minimum Gasteiger partial charge on any atom is -0.294 e. The normalized spacial score (nSPS) is 20.6. The van der Waals surface area contributed by atoms with Crippen LogP contribution in [0.3, 0.4) is 0 Å². The first-order valence-corrected chi connectivity index (χ1v) is 3.20. The fraction of sp³-hybridized carbons (Fsp3) is 0.833. The summed E-state index contributed by atoms with van der Waals surface area (Å²) >= 11 is 0. The van der Waals surface area contributed by atoms with Crippen LogP contribution in [0.5, 0.6) is 0 Å². The lowest BCUT2D eigenvalue weighted by atomic mass is 10.4. The van der Waals surface area contributed by atoms with Crippen LogP contribution in [0, 0.1) is 0 Å². The molecule has 0 amide bonds. The molecule has 0 aromatic carbocycles. The van der Waals surface area contributed by atoms with Gasteiger partial charge in [0.2, 0.25) is 0 Å². The molecule has 1 aliphatic rings. The van der Waals surface area contributed by atoms with E-state index in [0.29, 0.717) is 0 Å². The Labute approximate surface area is 53.6 Å². The van der Waals surface area contributed by atoms with Crippen molar-refractivity contribution in [2.75, 3.05) is 19.6 Å². The quantitative estimate of drug-likeness (QED) is 0.511. The van der Waals surface area contributed by atoms with Crippen molar-refractivity contribution in [1.29, 1.82) is 0 Å². The van der Waals surface area contributed by atoms with Crippen LogP contribution in [0.25, 0.3) is 0 Å². The molecular formula is C6H10FNO. The van der Waals surface area contributed by atoms with Crippen molar-refractivity contribution in [3.63, 3.8) is 0 Å².